The average Bonchev–Trinajstić information content (AvgIpc) is 3.65. The molecule has 1 atom stereocenters. The normalized spacial score (nSPS) is 12.9. The van der Waals surface area contributed by atoms with E-state index in [2.05, 4.69) is 28.3 Å². The first-order chi connectivity index (χ1) is 28.6. The molecule has 15 heteroatoms. The minimum atomic E-state index is -2.60. The van der Waals surface area contributed by atoms with Gasteiger partial charge in [-0.2, -0.15) is 12.6 Å². The van der Waals surface area contributed by atoms with Gasteiger partial charge in [0.2, 0.25) is 11.8 Å². The lowest BCUT2D eigenvalue weighted by Crippen LogP contribution is -2.31. The molecule has 59 heavy (non-hydrogen) atoms. The quantitative estimate of drug-likeness (QED) is 0.0230. The maximum atomic E-state index is 14.0. The molecule has 310 valence electrons. The van der Waals surface area contributed by atoms with E-state index in [0.29, 0.717) is 74.7 Å². The van der Waals surface area contributed by atoms with Crippen LogP contribution in [0, 0.1) is 0 Å². The number of anilines is 1. The zero-order valence-electron chi connectivity index (χ0n) is 33.1. The summed E-state index contributed by atoms with van der Waals surface area (Å²) in [5.41, 5.74) is 6.39. The van der Waals surface area contributed by atoms with Crippen LogP contribution in [0.5, 0.6) is 11.5 Å². The summed E-state index contributed by atoms with van der Waals surface area (Å²) in [5, 5.41) is 12.2. The molecule has 1 aliphatic rings. The van der Waals surface area contributed by atoms with Crippen molar-refractivity contribution in [1.29, 1.82) is 0 Å². The van der Waals surface area contributed by atoms with Gasteiger partial charge in [0.15, 0.2) is 6.49 Å². The molecular formula is C44H50N5O7PS2. The van der Waals surface area contributed by atoms with Gasteiger partial charge in [-0.15, -0.1) is 5.10 Å². The fourth-order valence-electron chi connectivity index (χ4n) is 6.79. The van der Waals surface area contributed by atoms with Crippen molar-refractivity contribution in [2.45, 2.75) is 70.2 Å². The minimum absolute atomic E-state index is 0.0143. The van der Waals surface area contributed by atoms with Crippen LogP contribution >= 0.6 is 19.1 Å². The molecule has 2 heterocycles. The van der Waals surface area contributed by atoms with Gasteiger partial charge in [-0.3, -0.25) is 9.59 Å². The van der Waals surface area contributed by atoms with Crippen molar-refractivity contribution in [3.8, 4) is 34.0 Å². The molecule has 4 aromatic carbocycles. The summed E-state index contributed by atoms with van der Waals surface area (Å²) in [5.74, 6) is 1.14. The van der Waals surface area contributed by atoms with Crippen molar-refractivity contribution >= 4 is 54.4 Å². The Morgan fingerprint density at radius 3 is 2.29 bits per heavy atom. The van der Waals surface area contributed by atoms with Crippen molar-refractivity contribution in [3.63, 3.8) is 0 Å². The number of hydrogen-bond acceptors (Lipinski definition) is 10. The van der Waals surface area contributed by atoms with Gasteiger partial charge in [-0.05, 0) is 91.1 Å². The number of esters is 1. The van der Waals surface area contributed by atoms with Gasteiger partial charge < -0.3 is 29.1 Å². The molecule has 2 N–H and O–H groups in total. The third kappa shape index (κ3) is 12.6. The molecule has 0 spiro atoms. The third-order valence-electron chi connectivity index (χ3n) is 9.83. The second-order valence-corrected chi connectivity index (χ2v) is 18.5. The van der Waals surface area contributed by atoms with Crippen LogP contribution in [0.4, 0.5) is 5.69 Å². The van der Waals surface area contributed by atoms with E-state index in [1.807, 2.05) is 70.2 Å². The lowest BCUT2D eigenvalue weighted by Gasteiger charge is -2.29. The first kappa shape index (κ1) is 43.7. The largest absolute Gasteiger partial charge is 0.492 e. The highest BCUT2D eigenvalue weighted by molar-refractivity contribution is 8.09. The Morgan fingerprint density at radius 1 is 0.831 bits per heavy atom. The second kappa shape index (κ2) is 21.4. The molecule has 1 unspecified atom stereocenters. The number of fused-ring (bicyclic) bond motifs is 5. The molecule has 5 aromatic rings. The number of hydrogen-bond donors (Lipinski definition) is 3. The molecule has 0 saturated carbocycles. The Labute approximate surface area is 355 Å². The molecule has 1 aromatic heterocycles. The number of aromatic nitrogens is 3. The Balaban J connectivity index is 1.04. The van der Waals surface area contributed by atoms with Crippen molar-refractivity contribution in [2.75, 3.05) is 31.3 Å². The summed E-state index contributed by atoms with van der Waals surface area (Å²) in [6, 6.07) is 29.8. The van der Waals surface area contributed by atoms with E-state index < -0.39 is 12.5 Å². The number of amides is 2. The average molecular weight is 856 g/mol. The fourth-order valence-corrected chi connectivity index (χ4v) is 7.69. The number of rotatable bonds is 20. The van der Waals surface area contributed by atoms with Crippen LogP contribution in [0.2, 0.25) is 0 Å². The van der Waals surface area contributed by atoms with Gasteiger partial charge in [-0.25, -0.2) is 9.48 Å². The SMILES string of the molecule is CP(O)(=S)OCCCCCCNC(=O)CCCCC(=O)N1Cc2ccccc2-c2nnn(CCOc3ccc(C(=O)Oc4ccc(CS)cc4)cc3)c2-c2ccccc21. The van der Waals surface area contributed by atoms with Crippen LogP contribution in [0.3, 0.4) is 0 Å². The molecule has 0 radical (unpaired) electrons. The van der Waals surface area contributed by atoms with Gasteiger partial charge >= 0.3 is 5.97 Å². The molecule has 0 aliphatic carbocycles. The van der Waals surface area contributed by atoms with E-state index in [9.17, 15) is 19.3 Å². The van der Waals surface area contributed by atoms with E-state index >= 15 is 0 Å². The molecule has 0 fully saturated rings. The molecule has 2 amide bonds. The highest BCUT2D eigenvalue weighted by Crippen LogP contribution is 2.41. The number of thiol groups is 1. The van der Waals surface area contributed by atoms with Crippen LogP contribution < -0.4 is 19.7 Å². The predicted octanol–water partition coefficient (Wildman–Crippen LogP) is 8.37. The first-order valence-corrected chi connectivity index (χ1v) is 23.6. The van der Waals surface area contributed by atoms with Crippen molar-refractivity contribution in [3.05, 3.63) is 114 Å². The zero-order chi connectivity index (χ0) is 41.6. The number of nitrogens with zero attached hydrogens (tertiary/aromatic N) is 4. The minimum Gasteiger partial charge on any atom is -0.492 e. The van der Waals surface area contributed by atoms with E-state index in [4.69, 9.17) is 25.8 Å². The number of carbonyl (C=O) groups is 3. The number of ether oxygens (including phenoxy) is 2. The highest BCUT2D eigenvalue weighted by Gasteiger charge is 2.29. The number of para-hydroxylation sites is 1. The van der Waals surface area contributed by atoms with E-state index in [0.717, 1.165) is 65.0 Å². The summed E-state index contributed by atoms with van der Waals surface area (Å²) < 4.78 is 18.7. The molecule has 6 rings (SSSR count). The molecule has 0 bridgehead atoms. The summed E-state index contributed by atoms with van der Waals surface area (Å²) >= 11 is 9.14. The van der Waals surface area contributed by atoms with E-state index in [-0.39, 0.29) is 18.4 Å². The van der Waals surface area contributed by atoms with Crippen molar-refractivity contribution < 1.29 is 33.3 Å². The number of carbonyl (C=O) groups excluding carboxylic acids is 3. The zero-order valence-corrected chi connectivity index (χ0v) is 35.7. The van der Waals surface area contributed by atoms with Crippen LogP contribution in [0.25, 0.3) is 22.5 Å². The molecule has 1 aliphatic heterocycles. The van der Waals surface area contributed by atoms with E-state index in [1.54, 1.807) is 43.1 Å². The van der Waals surface area contributed by atoms with E-state index in [1.165, 1.54) is 0 Å². The lowest BCUT2D eigenvalue weighted by molar-refractivity contribution is -0.122. The first-order valence-electron chi connectivity index (χ1n) is 19.9. The van der Waals surface area contributed by atoms with Crippen molar-refractivity contribution in [2.24, 2.45) is 0 Å². The monoisotopic (exact) mass is 855 g/mol. The summed E-state index contributed by atoms with van der Waals surface area (Å²) in [6.45, 7) is 1.02. The van der Waals surface area contributed by atoms with Crippen LogP contribution in [0.1, 0.15) is 72.9 Å². The fraction of sp³-hybridized carbons (Fsp3) is 0.341. The third-order valence-corrected chi connectivity index (χ3v) is 11.2. The Morgan fingerprint density at radius 2 is 1.53 bits per heavy atom. The molecular weight excluding hydrogens is 806 g/mol. The summed E-state index contributed by atoms with van der Waals surface area (Å²) in [4.78, 5) is 50.6. The van der Waals surface area contributed by atoms with Crippen LogP contribution in [0.15, 0.2) is 97.1 Å². The highest BCUT2D eigenvalue weighted by atomic mass is 32.5. The maximum Gasteiger partial charge on any atom is 0.343 e. The topological polar surface area (TPSA) is 145 Å². The van der Waals surface area contributed by atoms with Gasteiger partial charge in [0.05, 0.1) is 36.6 Å². The predicted molar refractivity (Wildman–Crippen MR) is 236 cm³/mol. The van der Waals surface area contributed by atoms with Gasteiger partial charge in [0, 0.05) is 42.9 Å². The standard InChI is InChI=1S/C44H50N5O7PS2/c1-57(53,59)55-28-11-3-2-10-26-45-40(50)16-8-9-17-41(51)48-30-34-12-4-5-13-37(34)42-43(38-14-6-7-15-39(38)48)49(47-46-42)27-29-54-35-24-20-33(21-25-35)44(52)56-36-22-18-32(31-58)19-23-36/h4-7,12-15,18-25,58H,2-3,8-11,16-17,26-31H2,1H3,(H,45,50)(H,53,59). The maximum absolute atomic E-state index is 14.0. The smallest absolute Gasteiger partial charge is 0.343 e. The number of benzene rings is 4. The lowest BCUT2D eigenvalue weighted by atomic mass is 9.95. The summed E-state index contributed by atoms with van der Waals surface area (Å²) in [7, 11) is 0. The van der Waals surface area contributed by atoms with Gasteiger partial charge in [-0.1, -0.05) is 72.7 Å². The molecule has 0 saturated heterocycles. The van der Waals surface area contributed by atoms with Crippen LogP contribution in [-0.2, 0) is 44.8 Å². The Hall–Kier alpha value is -4.85. The van der Waals surface area contributed by atoms with Crippen LogP contribution in [-0.4, -0.2) is 64.1 Å². The van der Waals surface area contributed by atoms with Gasteiger partial charge in [0.25, 0.3) is 0 Å². The number of nitrogens with one attached hydrogen (secondary N) is 1. The Bertz CT molecular complexity index is 2250. The Kier molecular flexibility index (Phi) is 15.9. The number of unbranched alkanes of at least 4 members (excludes halogenated alkanes) is 4. The second-order valence-electron chi connectivity index (χ2n) is 14.3. The summed E-state index contributed by atoms with van der Waals surface area (Å²) in [6.07, 6.45) is 5.42. The molecule has 12 nitrogen and oxygen atoms in total. The van der Waals surface area contributed by atoms with Gasteiger partial charge in [0.1, 0.15) is 23.8 Å². The van der Waals surface area contributed by atoms with Crippen molar-refractivity contribution in [1.82, 2.24) is 20.3 Å².